The van der Waals surface area contributed by atoms with Gasteiger partial charge in [-0.1, -0.05) is 12.1 Å². The number of benzene rings is 2. The molecule has 0 saturated heterocycles. The van der Waals surface area contributed by atoms with Gasteiger partial charge < -0.3 is 10.4 Å². The van der Waals surface area contributed by atoms with Crippen molar-refractivity contribution in [3.63, 3.8) is 0 Å². The molecule has 0 spiro atoms. The maximum absolute atomic E-state index is 13.9. The molecule has 2 N–H and O–H groups in total. The van der Waals surface area contributed by atoms with Crippen molar-refractivity contribution in [2.75, 3.05) is 5.32 Å². The van der Waals surface area contributed by atoms with E-state index in [1.807, 2.05) is 13.0 Å². The number of rotatable bonds is 4. The average molecular weight is 291 g/mol. The van der Waals surface area contributed by atoms with Crippen LogP contribution < -0.4 is 5.32 Å². The highest BCUT2D eigenvalue weighted by Crippen LogP contribution is 2.29. The smallest absolute Gasteiger partial charge is 0.333 e. The molecule has 110 valence electrons. The zero-order valence-corrected chi connectivity index (χ0v) is 11.7. The Balaban J connectivity index is 2.50. The molecule has 0 aromatic heterocycles. The lowest BCUT2D eigenvalue weighted by molar-refractivity contribution is -0.142. The van der Waals surface area contributed by atoms with E-state index in [1.165, 1.54) is 6.92 Å². The number of aryl methyl sites for hydroxylation is 1. The Hall–Kier alpha value is -2.43. The van der Waals surface area contributed by atoms with Gasteiger partial charge in [0, 0.05) is 11.3 Å². The van der Waals surface area contributed by atoms with Crippen LogP contribution in [0.1, 0.15) is 18.1 Å². The van der Waals surface area contributed by atoms with Crippen LogP contribution in [-0.4, -0.2) is 11.1 Å². The Morgan fingerprint density at radius 1 is 1.19 bits per heavy atom. The third kappa shape index (κ3) is 3.02. The summed E-state index contributed by atoms with van der Waals surface area (Å²) in [6.45, 7) is 3.15. The maximum Gasteiger partial charge on any atom is 0.333 e. The summed E-state index contributed by atoms with van der Waals surface area (Å²) in [4.78, 5) is 11.6. The molecule has 0 amide bonds. The summed E-state index contributed by atoms with van der Waals surface area (Å²) in [5.41, 5.74) is -0.590. The number of hydrogen-bond donors (Lipinski definition) is 2. The summed E-state index contributed by atoms with van der Waals surface area (Å²) in [7, 11) is 0. The normalized spacial score (nSPS) is 13.5. The van der Waals surface area contributed by atoms with Crippen LogP contribution in [0.2, 0.25) is 0 Å². The van der Waals surface area contributed by atoms with E-state index in [4.69, 9.17) is 0 Å². The minimum absolute atomic E-state index is 0.253. The molecule has 2 rings (SSSR count). The van der Waals surface area contributed by atoms with Gasteiger partial charge in [0.05, 0.1) is 0 Å². The zero-order chi connectivity index (χ0) is 15.6. The van der Waals surface area contributed by atoms with Gasteiger partial charge in [-0.3, -0.25) is 0 Å². The molecule has 3 nitrogen and oxygen atoms in total. The molecular weight excluding hydrogens is 276 g/mol. The van der Waals surface area contributed by atoms with Gasteiger partial charge in [0.1, 0.15) is 11.6 Å². The van der Waals surface area contributed by atoms with E-state index in [9.17, 15) is 18.7 Å². The van der Waals surface area contributed by atoms with Crippen molar-refractivity contribution in [3.8, 4) is 0 Å². The highest BCUT2D eigenvalue weighted by atomic mass is 19.1. The fourth-order valence-electron chi connectivity index (χ4n) is 2.13. The van der Waals surface area contributed by atoms with Crippen molar-refractivity contribution in [1.29, 1.82) is 0 Å². The third-order valence-corrected chi connectivity index (χ3v) is 3.31. The number of nitrogens with one attached hydrogen (secondary N) is 1. The predicted molar refractivity (Wildman–Crippen MR) is 76.1 cm³/mol. The molecule has 2 aromatic carbocycles. The monoisotopic (exact) mass is 291 g/mol. The summed E-state index contributed by atoms with van der Waals surface area (Å²) >= 11 is 0. The predicted octanol–water partition coefficient (Wildman–Crippen LogP) is 3.69. The van der Waals surface area contributed by atoms with Gasteiger partial charge in [0.25, 0.3) is 0 Å². The van der Waals surface area contributed by atoms with Crippen molar-refractivity contribution in [2.45, 2.75) is 19.4 Å². The quantitative estimate of drug-likeness (QED) is 0.903. The van der Waals surface area contributed by atoms with Crippen LogP contribution in [0.4, 0.5) is 14.5 Å². The van der Waals surface area contributed by atoms with Crippen LogP contribution in [0.15, 0.2) is 42.5 Å². The Morgan fingerprint density at radius 2 is 1.90 bits per heavy atom. The molecule has 21 heavy (non-hydrogen) atoms. The fraction of sp³-hybridized carbons (Fsp3) is 0.188. The van der Waals surface area contributed by atoms with Crippen LogP contribution in [0.25, 0.3) is 0 Å². The second-order valence-electron chi connectivity index (χ2n) is 5.05. The molecule has 1 unspecified atom stereocenters. The molecule has 0 saturated carbocycles. The van der Waals surface area contributed by atoms with E-state index in [-0.39, 0.29) is 5.56 Å². The Kier molecular flexibility index (Phi) is 3.93. The first-order valence-corrected chi connectivity index (χ1v) is 6.37. The molecule has 1 atom stereocenters. The second kappa shape index (κ2) is 5.52. The topological polar surface area (TPSA) is 49.3 Å². The zero-order valence-electron chi connectivity index (χ0n) is 11.7. The van der Waals surface area contributed by atoms with E-state index in [2.05, 4.69) is 5.32 Å². The first-order valence-electron chi connectivity index (χ1n) is 6.37. The molecule has 0 radical (unpaired) electrons. The lowest BCUT2D eigenvalue weighted by Gasteiger charge is -2.28. The van der Waals surface area contributed by atoms with Gasteiger partial charge >= 0.3 is 5.97 Å². The minimum atomic E-state index is -1.78. The van der Waals surface area contributed by atoms with Crippen LogP contribution in [0.3, 0.4) is 0 Å². The third-order valence-electron chi connectivity index (χ3n) is 3.31. The molecule has 5 heteroatoms. The lowest BCUT2D eigenvalue weighted by atomic mass is 9.91. The number of carbonyl (C=O) groups is 1. The first-order chi connectivity index (χ1) is 9.83. The Morgan fingerprint density at radius 3 is 2.52 bits per heavy atom. The molecule has 0 aliphatic rings. The molecule has 0 fully saturated rings. The fourth-order valence-corrected chi connectivity index (χ4v) is 2.13. The number of carboxylic acids is 1. The van der Waals surface area contributed by atoms with Crippen molar-refractivity contribution < 1.29 is 18.7 Å². The van der Waals surface area contributed by atoms with Crippen LogP contribution >= 0.6 is 0 Å². The van der Waals surface area contributed by atoms with Gasteiger partial charge in [0.2, 0.25) is 0 Å². The molecule has 0 aliphatic carbocycles. The molecule has 0 bridgehead atoms. The maximum atomic E-state index is 13.9. The van der Waals surface area contributed by atoms with E-state index < -0.39 is 23.1 Å². The highest BCUT2D eigenvalue weighted by Gasteiger charge is 2.38. The Labute approximate surface area is 121 Å². The van der Waals surface area contributed by atoms with E-state index in [0.717, 1.165) is 23.8 Å². The summed E-state index contributed by atoms with van der Waals surface area (Å²) in [6, 6.07) is 9.78. The number of anilines is 1. The van der Waals surface area contributed by atoms with E-state index >= 15 is 0 Å². The first kappa shape index (κ1) is 15.0. The van der Waals surface area contributed by atoms with Gasteiger partial charge in [0.15, 0.2) is 5.54 Å². The second-order valence-corrected chi connectivity index (χ2v) is 5.05. The Bertz CT molecular complexity index is 688. The summed E-state index contributed by atoms with van der Waals surface area (Å²) in [5.74, 6) is -2.76. The molecule has 2 aromatic rings. The summed E-state index contributed by atoms with van der Waals surface area (Å²) in [6.07, 6.45) is 0. The van der Waals surface area contributed by atoms with Crippen molar-refractivity contribution in [3.05, 3.63) is 65.2 Å². The number of carboxylic acid groups (broad SMARTS) is 1. The number of halogens is 2. The lowest BCUT2D eigenvalue weighted by Crippen LogP contribution is -2.41. The van der Waals surface area contributed by atoms with Gasteiger partial charge in [-0.15, -0.1) is 0 Å². The van der Waals surface area contributed by atoms with Gasteiger partial charge in [-0.05, 0) is 49.7 Å². The standard InChI is InChI=1S/C16H15F2NO2/c1-10-4-3-5-12(8-10)19-16(2,15(20)21)13-9-11(17)6-7-14(13)18/h3-9,19H,1-2H3,(H,20,21). The number of hydrogen-bond acceptors (Lipinski definition) is 2. The molecule has 0 heterocycles. The highest BCUT2D eigenvalue weighted by molar-refractivity contribution is 5.84. The van der Waals surface area contributed by atoms with Gasteiger partial charge in [-0.2, -0.15) is 0 Å². The van der Waals surface area contributed by atoms with Crippen molar-refractivity contribution >= 4 is 11.7 Å². The van der Waals surface area contributed by atoms with E-state index in [0.29, 0.717) is 5.69 Å². The van der Waals surface area contributed by atoms with Crippen LogP contribution in [0.5, 0.6) is 0 Å². The van der Waals surface area contributed by atoms with Crippen LogP contribution in [0, 0.1) is 18.6 Å². The van der Waals surface area contributed by atoms with Crippen LogP contribution in [-0.2, 0) is 10.3 Å². The van der Waals surface area contributed by atoms with Crippen molar-refractivity contribution in [2.24, 2.45) is 0 Å². The van der Waals surface area contributed by atoms with Crippen molar-refractivity contribution in [1.82, 2.24) is 0 Å². The summed E-state index contributed by atoms with van der Waals surface area (Å²) in [5, 5.41) is 12.3. The SMILES string of the molecule is Cc1cccc(NC(C)(C(=O)O)c2cc(F)ccc2F)c1. The average Bonchev–Trinajstić information content (AvgIpc) is 2.41. The largest absolute Gasteiger partial charge is 0.479 e. The minimum Gasteiger partial charge on any atom is -0.479 e. The molecular formula is C16H15F2NO2. The van der Waals surface area contributed by atoms with Gasteiger partial charge in [-0.25, -0.2) is 13.6 Å². The number of aliphatic carboxylic acids is 1. The van der Waals surface area contributed by atoms with E-state index in [1.54, 1.807) is 18.2 Å². The summed E-state index contributed by atoms with van der Waals surface area (Å²) < 4.78 is 27.3. The molecule has 0 aliphatic heterocycles.